The molecule has 0 aromatic heterocycles. The summed E-state index contributed by atoms with van der Waals surface area (Å²) < 4.78 is 11.9. The molecule has 0 bridgehead atoms. The van der Waals surface area contributed by atoms with Crippen molar-refractivity contribution in [3.8, 4) is 0 Å². The smallest absolute Gasteiger partial charge is 0.186 e. The average Bonchev–Trinajstić information content (AvgIpc) is 3.26. The fourth-order valence-corrected chi connectivity index (χ4v) is 10.7. The van der Waals surface area contributed by atoms with Gasteiger partial charge < -0.3 is 29.9 Å². The van der Waals surface area contributed by atoms with E-state index in [0.717, 1.165) is 54.8 Å². The Morgan fingerprint density at radius 1 is 0.821 bits per heavy atom. The summed E-state index contributed by atoms with van der Waals surface area (Å²) in [5.41, 5.74) is 0.867. The molecule has 14 atom stereocenters. The van der Waals surface area contributed by atoms with E-state index in [1.807, 2.05) is 0 Å². The summed E-state index contributed by atoms with van der Waals surface area (Å²) in [5, 5.41) is 40.3. The number of hydrogen-bond donors (Lipinski definition) is 4. The molecule has 226 valence electrons. The summed E-state index contributed by atoms with van der Waals surface area (Å²) in [5.74, 6) is 5.71. The maximum absolute atomic E-state index is 10.5. The summed E-state index contributed by atoms with van der Waals surface area (Å²) in [7, 11) is 0. The SMILES string of the molecule is CC(C)CCC[C@@H](C)[C@H]1CC[C@H]2[C@@H]3CCC4CC(O[C@@H]5O[C@H](CO)[C@@H](O)[C@H](O)[C@H]5O)CC[C@]4(C)[C@H]3CC[C@]12C. The second kappa shape index (κ2) is 11.8. The molecular weight excluding hydrogens is 492 g/mol. The number of fused-ring (bicyclic) bond motifs is 5. The minimum Gasteiger partial charge on any atom is -0.394 e. The lowest BCUT2D eigenvalue weighted by atomic mass is 9.44. The molecule has 5 aliphatic rings. The highest BCUT2D eigenvalue weighted by atomic mass is 16.7. The van der Waals surface area contributed by atoms with Gasteiger partial charge in [0.1, 0.15) is 24.4 Å². The van der Waals surface area contributed by atoms with Gasteiger partial charge in [-0.1, -0.05) is 53.9 Å². The molecular formula is C33H58O6. The van der Waals surface area contributed by atoms with Crippen LogP contribution in [0.15, 0.2) is 0 Å². The first-order chi connectivity index (χ1) is 18.5. The largest absolute Gasteiger partial charge is 0.394 e. The summed E-state index contributed by atoms with van der Waals surface area (Å²) in [6.45, 7) is 12.1. The van der Waals surface area contributed by atoms with Crippen LogP contribution in [-0.2, 0) is 9.47 Å². The Kier molecular flexibility index (Phi) is 9.14. The van der Waals surface area contributed by atoms with E-state index in [2.05, 4.69) is 34.6 Å². The van der Waals surface area contributed by atoms with Crippen LogP contribution in [0.2, 0.25) is 0 Å². The summed E-state index contributed by atoms with van der Waals surface area (Å²) in [4.78, 5) is 0. The first-order valence-electron chi connectivity index (χ1n) is 16.5. The molecule has 4 saturated carbocycles. The minimum atomic E-state index is -1.38. The van der Waals surface area contributed by atoms with Crippen molar-refractivity contribution in [3.05, 3.63) is 0 Å². The molecule has 0 aromatic rings. The van der Waals surface area contributed by atoms with E-state index < -0.39 is 37.3 Å². The fourth-order valence-electron chi connectivity index (χ4n) is 10.7. The highest BCUT2D eigenvalue weighted by Crippen LogP contribution is 2.68. The summed E-state index contributed by atoms with van der Waals surface area (Å²) in [6.07, 6.45) is 9.41. The molecule has 0 amide bonds. The van der Waals surface area contributed by atoms with Gasteiger partial charge in [-0.05, 0) is 110 Å². The van der Waals surface area contributed by atoms with Gasteiger partial charge in [0, 0.05) is 0 Å². The molecule has 0 radical (unpaired) electrons. The maximum atomic E-state index is 10.5. The van der Waals surface area contributed by atoms with E-state index in [-0.39, 0.29) is 6.10 Å². The molecule has 39 heavy (non-hydrogen) atoms. The zero-order valence-electron chi connectivity index (χ0n) is 25.3. The molecule has 6 nitrogen and oxygen atoms in total. The normalized spacial score (nSPS) is 50.8. The summed E-state index contributed by atoms with van der Waals surface area (Å²) >= 11 is 0. The Morgan fingerprint density at radius 3 is 2.26 bits per heavy atom. The molecule has 5 fully saturated rings. The monoisotopic (exact) mass is 550 g/mol. The topological polar surface area (TPSA) is 99.4 Å². The first-order valence-corrected chi connectivity index (χ1v) is 16.5. The van der Waals surface area contributed by atoms with Crippen LogP contribution >= 0.6 is 0 Å². The van der Waals surface area contributed by atoms with Crippen LogP contribution < -0.4 is 0 Å². The number of aliphatic hydroxyl groups is 4. The molecule has 1 aliphatic heterocycles. The standard InChI is InChI=1S/C33H58O6/c1-19(2)7-6-8-20(3)24-11-12-25-23-10-9-21-17-22(13-15-32(21,4)26(23)14-16-33(24,25)5)38-31-30(37)29(36)28(35)27(18-34)39-31/h19-31,34-37H,6-18H2,1-5H3/t20-,21?,22?,23+,24-,25+,26+,27-,28-,29+,30-,31-,32+,33-/m1/s1. The van der Waals surface area contributed by atoms with Gasteiger partial charge in [0.2, 0.25) is 0 Å². The lowest BCUT2D eigenvalue weighted by Gasteiger charge is -2.61. The molecule has 4 N–H and O–H groups in total. The van der Waals surface area contributed by atoms with Crippen LogP contribution in [0.5, 0.6) is 0 Å². The molecule has 6 heteroatoms. The lowest BCUT2D eigenvalue weighted by Crippen LogP contribution is -2.60. The molecule has 2 unspecified atom stereocenters. The first kappa shape index (κ1) is 30.2. The zero-order chi connectivity index (χ0) is 28.1. The van der Waals surface area contributed by atoms with Gasteiger partial charge in [0.25, 0.3) is 0 Å². The predicted molar refractivity (Wildman–Crippen MR) is 152 cm³/mol. The second-order valence-corrected chi connectivity index (χ2v) is 15.4. The van der Waals surface area contributed by atoms with Crippen LogP contribution in [0.1, 0.15) is 112 Å². The number of hydrogen-bond acceptors (Lipinski definition) is 6. The van der Waals surface area contributed by atoms with Gasteiger partial charge in [0.15, 0.2) is 6.29 Å². The number of aliphatic hydroxyl groups excluding tert-OH is 4. The maximum Gasteiger partial charge on any atom is 0.186 e. The third-order valence-corrected chi connectivity index (χ3v) is 13.0. The van der Waals surface area contributed by atoms with Gasteiger partial charge in [-0.15, -0.1) is 0 Å². The second-order valence-electron chi connectivity index (χ2n) is 15.4. The van der Waals surface area contributed by atoms with Crippen molar-refractivity contribution in [1.29, 1.82) is 0 Å². The van der Waals surface area contributed by atoms with Crippen molar-refractivity contribution in [1.82, 2.24) is 0 Å². The van der Waals surface area contributed by atoms with E-state index in [4.69, 9.17) is 9.47 Å². The van der Waals surface area contributed by atoms with Gasteiger partial charge in [-0.2, -0.15) is 0 Å². The van der Waals surface area contributed by atoms with Crippen molar-refractivity contribution in [2.75, 3.05) is 6.61 Å². The molecule has 1 saturated heterocycles. The molecule has 0 aromatic carbocycles. The van der Waals surface area contributed by atoms with E-state index in [0.29, 0.717) is 16.7 Å². The lowest BCUT2D eigenvalue weighted by molar-refractivity contribution is -0.316. The third kappa shape index (κ3) is 5.49. The fraction of sp³-hybridized carbons (Fsp3) is 1.00. The van der Waals surface area contributed by atoms with Crippen molar-refractivity contribution in [2.24, 2.45) is 52.3 Å². The zero-order valence-corrected chi connectivity index (χ0v) is 25.3. The third-order valence-electron chi connectivity index (χ3n) is 13.0. The molecule has 0 spiro atoms. The van der Waals surface area contributed by atoms with Gasteiger partial charge in [-0.25, -0.2) is 0 Å². The molecule has 4 aliphatic carbocycles. The van der Waals surface area contributed by atoms with Crippen molar-refractivity contribution in [2.45, 2.75) is 148 Å². The predicted octanol–water partition coefficient (Wildman–Crippen LogP) is 5.29. The Balaban J connectivity index is 1.21. The van der Waals surface area contributed by atoms with E-state index in [1.165, 1.54) is 57.8 Å². The van der Waals surface area contributed by atoms with E-state index in [9.17, 15) is 20.4 Å². The highest BCUT2D eigenvalue weighted by molar-refractivity contribution is 5.10. The van der Waals surface area contributed by atoms with Crippen LogP contribution in [0.3, 0.4) is 0 Å². The Hall–Kier alpha value is -0.240. The average molecular weight is 551 g/mol. The van der Waals surface area contributed by atoms with Crippen LogP contribution in [0.4, 0.5) is 0 Å². The Labute approximate surface area is 237 Å². The quantitative estimate of drug-likeness (QED) is 0.307. The number of rotatable bonds is 8. The number of ether oxygens (including phenoxy) is 2. The highest BCUT2D eigenvalue weighted by Gasteiger charge is 2.61. The van der Waals surface area contributed by atoms with Gasteiger partial charge >= 0.3 is 0 Å². The Bertz CT molecular complexity index is 818. The van der Waals surface area contributed by atoms with Gasteiger partial charge in [-0.3, -0.25) is 0 Å². The van der Waals surface area contributed by atoms with E-state index >= 15 is 0 Å². The van der Waals surface area contributed by atoms with Crippen LogP contribution in [0.25, 0.3) is 0 Å². The van der Waals surface area contributed by atoms with Crippen LogP contribution in [-0.4, -0.2) is 63.8 Å². The van der Waals surface area contributed by atoms with Gasteiger partial charge in [0.05, 0.1) is 12.7 Å². The van der Waals surface area contributed by atoms with Crippen LogP contribution in [0, 0.1) is 52.3 Å². The summed E-state index contributed by atoms with van der Waals surface area (Å²) in [6, 6.07) is 0. The van der Waals surface area contributed by atoms with Crippen molar-refractivity contribution in [3.63, 3.8) is 0 Å². The molecule has 5 rings (SSSR count). The van der Waals surface area contributed by atoms with Crippen molar-refractivity contribution < 1.29 is 29.9 Å². The van der Waals surface area contributed by atoms with E-state index in [1.54, 1.807) is 0 Å². The van der Waals surface area contributed by atoms with Crippen molar-refractivity contribution >= 4 is 0 Å². The Morgan fingerprint density at radius 2 is 1.54 bits per heavy atom. The minimum absolute atomic E-state index is 0.0301. The molecule has 1 heterocycles.